The number of likely N-dealkylation sites (N-methyl/N-ethyl adjacent to an activating group) is 1. The van der Waals surface area contributed by atoms with Crippen LogP contribution in [0, 0.1) is 0 Å². The molecule has 1 aromatic heterocycles. The molecular weight excluding hydrogens is 294 g/mol. The number of hydrogen-bond donors (Lipinski definition) is 1. The molecule has 1 aromatic carbocycles. The highest BCUT2D eigenvalue weighted by Gasteiger charge is 2.21. The molecule has 1 heterocycles. The number of para-hydroxylation sites is 1. The summed E-state index contributed by atoms with van der Waals surface area (Å²) in [6.45, 7) is 2.27. The molecule has 2 atom stereocenters. The first-order valence-corrected chi connectivity index (χ1v) is 7.45. The Bertz CT molecular complexity index is 627. The molecule has 0 saturated heterocycles. The summed E-state index contributed by atoms with van der Waals surface area (Å²) in [6.07, 6.45) is 2.95. The van der Waals surface area contributed by atoms with Crippen LogP contribution in [0.5, 0.6) is 5.75 Å². The second-order valence-electron chi connectivity index (χ2n) is 5.52. The number of hydrogen-bond acceptors (Lipinski definition) is 5. The fourth-order valence-electron chi connectivity index (χ4n) is 2.39. The van der Waals surface area contributed by atoms with Crippen molar-refractivity contribution in [1.29, 1.82) is 0 Å². The number of amides is 1. The summed E-state index contributed by atoms with van der Waals surface area (Å²) in [5.41, 5.74) is 1.04. The van der Waals surface area contributed by atoms with Gasteiger partial charge in [0.2, 0.25) is 5.91 Å². The van der Waals surface area contributed by atoms with E-state index < -0.39 is 6.04 Å². The van der Waals surface area contributed by atoms with Gasteiger partial charge in [-0.05, 0) is 27.1 Å². The molecule has 7 nitrogen and oxygen atoms in total. The highest BCUT2D eigenvalue weighted by molar-refractivity contribution is 5.79. The molecule has 0 unspecified atom stereocenters. The van der Waals surface area contributed by atoms with Crippen LogP contribution in [0.25, 0.3) is 0 Å². The first-order chi connectivity index (χ1) is 11.0. The monoisotopic (exact) mass is 317 g/mol. The molecule has 0 aliphatic heterocycles. The van der Waals surface area contributed by atoms with Crippen LogP contribution in [0.4, 0.5) is 0 Å². The fraction of sp³-hybridized carbons (Fsp3) is 0.438. The maximum Gasteiger partial charge on any atom is 0.244 e. The first-order valence-electron chi connectivity index (χ1n) is 7.45. The number of carbonyl (C=O) groups excluding carboxylic acids is 1. The van der Waals surface area contributed by atoms with Gasteiger partial charge in [0.1, 0.15) is 24.4 Å². The van der Waals surface area contributed by atoms with E-state index in [2.05, 4.69) is 20.3 Å². The molecule has 0 aliphatic rings. The van der Waals surface area contributed by atoms with Crippen molar-refractivity contribution in [1.82, 2.24) is 25.0 Å². The minimum absolute atomic E-state index is 0.0121. The molecule has 1 amide bonds. The summed E-state index contributed by atoms with van der Waals surface area (Å²) in [5.74, 6) is 0.710. The average molecular weight is 317 g/mol. The Balaban J connectivity index is 2.07. The summed E-state index contributed by atoms with van der Waals surface area (Å²) < 4.78 is 6.96. The Kier molecular flexibility index (Phi) is 5.70. The predicted molar refractivity (Wildman–Crippen MR) is 87.2 cm³/mol. The third-order valence-corrected chi connectivity index (χ3v) is 3.80. The van der Waals surface area contributed by atoms with Gasteiger partial charge >= 0.3 is 0 Å². The summed E-state index contributed by atoms with van der Waals surface area (Å²) >= 11 is 0. The van der Waals surface area contributed by atoms with Gasteiger partial charge in [0.15, 0.2) is 0 Å². The highest BCUT2D eigenvalue weighted by atomic mass is 16.5. The van der Waals surface area contributed by atoms with E-state index in [1.54, 1.807) is 14.0 Å². The SMILES string of the molecule is COc1ccccc1[C@@H](CNC(=O)[C@H](C)n1cncn1)N(C)C. The van der Waals surface area contributed by atoms with Crippen molar-refractivity contribution in [2.45, 2.75) is 19.0 Å². The van der Waals surface area contributed by atoms with E-state index in [0.29, 0.717) is 6.54 Å². The van der Waals surface area contributed by atoms with Crippen LogP contribution >= 0.6 is 0 Å². The molecular formula is C16H23N5O2. The summed E-state index contributed by atoms with van der Waals surface area (Å²) in [6, 6.07) is 7.44. The van der Waals surface area contributed by atoms with E-state index in [-0.39, 0.29) is 11.9 Å². The summed E-state index contributed by atoms with van der Waals surface area (Å²) in [5, 5.41) is 6.98. The molecule has 2 aromatic rings. The Labute approximate surface area is 136 Å². The minimum Gasteiger partial charge on any atom is -0.496 e. The van der Waals surface area contributed by atoms with Crippen molar-refractivity contribution in [2.24, 2.45) is 0 Å². The van der Waals surface area contributed by atoms with Crippen molar-refractivity contribution >= 4 is 5.91 Å². The number of benzene rings is 1. The number of nitrogens with zero attached hydrogens (tertiary/aromatic N) is 4. The van der Waals surface area contributed by atoms with Crippen LogP contribution in [0.3, 0.4) is 0 Å². The van der Waals surface area contributed by atoms with E-state index >= 15 is 0 Å². The van der Waals surface area contributed by atoms with E-state index in [9.17, 15) is 4.79 Å². The summed E-state index contributed by atoms with van der Waals surface area (Å²) in [4.78, 5) is 18.2. The van der Waals surface area contributed by atoms with Gasteiger partial charge in [0.25, 0.3) is 0 Å². The van der Waals surface area contributed by atoms with Gasteiger partial charge in [-0.15, -0.1) is 0 Å². The van der Waals surface area contributed by atoms with E-state index in [1.807, 2.05) is 38.4 Å². The largest absolute Gasteiger partial charge is 0.496 e. The maximum absolute atomic E-state index is 12.3. The van der Waals surface area contributed by atoms with Crippen LogP contribution in [0.1, 0.15) is 24.6 Å². The van der Waals surface area contributed by atoms with Gasteiger partial charge in [0, 0.05) is 12.1 Å². The van der Waals surface area contributed by atoms with Gasteiger partial charge < -0.3 is 15.0 Å². The van der Waals surface area contributed by atoms with E-state index in [1.165, 1.54) is 17.3 Å². The third-order valence-electron chi connectivity index (χ3n) is 3.80. The number of rotatable bonds is 7. The molecule has 0 radical (unpaired) electrons. The number of aromatic nitrogens is 3. The topological polar surface area (TPSA) is 72.3 Å². The van der Waals surface area contributed by atoms with Crippen LogP contribution in [-0.2, 0) is 4.79 Å². The number of carbonyl (C=O) groups is 1. The van der Waals surface area contributed by atoms with Gasteiger partial charge in [-0.1, -0.05) is 18.2 Å². The van der Waals surface area contributed by atoms with Gasteiger partial charge in [-0.2, -0.15) is 5.10 Å². The average Bonchev–Trinajstić information content (AvgIpc) is 3.08. The van der Waals surface area contributed by atoms with Crippen LogP contribution in [-0.4, -0.2) is 53.3 Å². The fourth-order valence-corrected chi connectivity index (χ4v) is 2.39. The van der Waals surface area contributed by atoms with E-state index in [0.717, 1.165) is 11.3 Å². The first kappa shape index (κ1) is 17.0. The standard InChI is InChI=1S/C16H23N5O2/c1-12(21-11-17-10-19-21)16(22)18-9-14(20(2)3)13-7-5-6-8-15(13)23-4/h5-8,10-12,14H,9H2,1-4H3,(H,18,22)/t12-,14+/m0/s1. The van der Waals surface area contributed by atoms with Gasteiger partial charge in [-0.25, -0.2) is 9.67 Å². The lowest BCUT2D eigenvalue weighted by molar-refractivity contribution is -0.124. The molecule has 0 aliphatic carbocycles. The van der Waals surface area contributed by atoms with Gasteiger partial charge in [0.05, 0.1) is 13.2 Å². The maximum atomic E-state index is 12.3. The van der Waals surface area contributed by atoms with Crippen LogP contribution in [0.15, 0.2) is 36.9 Å². The van der Waals surface area contributed by atoms with Crippen LogP contribution in [0.2, 0.25) is 0 Å². The molecule has 0 bridgehead atoms. The lowest BCUT2D eigenvalue weighted by Crippen LogP contribution is -2.38. The Morgan fingerprint density at radius 1 is 1.39 bits per heavy atom. The minimum atomic E-state index is -0.405. The quantitative estimate of drug-likeness (QED) is 0.832. The molecule has 23 heavy (non-hydrogen) atoms. The third kappa shape index (κ3) is 4.07. The number of ether oxygens (including phenoxy) is 1. The molecule has 124 valence electrons. The molecule has 1 N–H and O–H groups in total. The second-order valence-corrected chi connectivity index (χ2v) is 5.52. The molecule has 7 heteroatoms. The molecule has 0 fully saturated rings. The lowest BCUT2D eigenvalue weighted by atomic mass is 10.0. The zero-order valence-electron chi connectivity index (χ0n) is 13.9. The van der Waals surface area contributed by atoms with Crippen molar-refractivity contribution in [3.05, 3.63) is 42.5 Å². The Morgan fingerprint density at radius 2 is 2.13 bits per heavy atom. The lowest BCUT2D eigenvalue weighted by Gasteiger charge is -2.27. The Hall–Kier alpha value is -2.41. The molecule has 2 rings (SSSR count). The number of nitrogens with one attached hydrogen (secondary N) is 1. The zero-order chi connectivity index (χ0) is 16.8. The Morgan fingerprint density at radius 3 is 2.74 bits per heavy atom. The van der Waals surface area contributed by atoms with Crippen molar-refractivity contribution in [2.75, 3.05) is 27.7 Å². The summed E-state index contributed by atoms with van der Waals surface area (Å²) in [7, 11) is 5.60. The zero-order valence-corrected chi connectivity index (χ0v) is 13.9. The van der Waals surface area contributed by atoms with Crippen molar-refractivity contribution in [3.63, 3.8) is 0 Å². The van der Waals surface area contributed by atoms with Crippen molar-refractivity contribution < 1.29 is 9.53 Å². The van der Waals surface area contributed by atoms with Gasteiger partial charge in [-0.3, -0.25) is 4.79 Å². The molecule has 0 spiro atoms. The van der Waals surface area contributed by atoms with E-state index in [4.69, 9.17) is 4.74 Å². The molecule has 0 saturated carbocycles. The highest BCUT2D eigenvalue weighted by Crippen LogP contribution is 2.27. The van der Waals surface area contributed by atoms with Crippen LogP contribution < -0.4 is 10.1 Å². The normalized spacial score (nSPS) is 13.6. The number of methoxy groups -OCH3 is 1. The smallest absolute Gasteiger partial charge is 0.244 e. The second kappa shape index (κ2) is 7.73. The van der Waals surface area contributed by atoms with Crippen molar-refractivity contribution in [3.8, 4) is 5.75 Å². The predicted octanol–water partition coefficient (Wildman–Crippen LogP) is 1.27.